The van der Waals surface area contributed by atoms with Gasteiger partial charge in [-0.3, -0.25) is 4.79 Å². The van der Waals surface area contributed by atoms with Gasteiger partial charge in [0.25, 0.3) is 5.91 Å². The molecule has 6 nitrogen and oxygen atoms in total. The van der Waals surface area contributed by atoms with E-state index in [1.54, 1.807) is 19.3 Å². The van der Waals surface area contributed by atoms with Gasteiger partial charge in [-0.05, 0) is 60.2 Å². The van der Waals surface area contributed by atoms with E-state index in [-0.39, 0.29) is 11.5 Å². The molecule has 3 rings (SSSR count). The summed E-state index contributed by atoms with van der Waals surface area (Å²) < 4.78 is 5.18. The second-order valence-corrected chi connectivity index (χ2v) is 6.60. The quantitative estimate of drug-likeness (QED) is 0.805. The van der Waals surface area contributed by atoms with Crippen LogP contribution in [0, 0.1) is 6.92 Å². The third kappa shape index (κ3) is 3.94. The zero-order valence-corrected chi connectivity index (χ0v) is 15.0. The van der Waals surface area contributed by atoms with Crippen LogP contribution in [0.5, 0.6) is 5.75 Å². The van der Waals surface area contributed by atoms with Crippen molar-refractivity contribution in [3.63, 3.8) is 0 Å². The summed E-state index contributed by atoms with van der Waals surface area (Å²) in [6, 6.07) is 12.1. The second-order valence-electron chi connectivity index (χ2n) is 5.56. The molecule has 0 atom stereocenters. The van der Waals surface area contributed by atoms with E-state index < -0.39 is 5.97 Å². The predicted molar refractivity (Wildman–Crippen MR) is 102 cm³/mol. The number of hydrogen-bond donors (Lipinski definition) is 2. The van der Waals surface area contributed by atoms with Crippen molar-refractivity contribution < 1.29 is 19.4 Å². The smallest absolute Gasteiger partial charge is 0.335 e. The van der Waals surface area contributed by atoms with Crippen molar-refractivity contribution in [2.24, 2.45) is 4.99 Å². The maximum absolute atomic E-state index is 12.2. The van der Waals surface area contributed by atoms with E-state index in [0.29, 0.717) is 21.5 Å². The average Bonchev–Trinajstić information content (AvgIpc) is 2.96. The Balaban J connectivity index is 1.87. The normalized spacial score (nSPS) is 16.8. The topological polar surface area (TPSA) is 88.0 Å². The number of hydrogen-bond acceptors (Lipinski definition) is 5. The number of carboxylic acids is 1. The van der Waals surface area contributed by atoms with Gasteiger partial charge < -0.3 is 15.2 Å². The third-order valence-corrected chi connectivity index (χ3v) is 4.63. The van der Waals surface area contributed by atoms with Crippen LogP contribution in [0.3, 0.4) is 0 Å². The molecule has 1 amide bonds. The second kappa shape index (κ2) is 7.45. The number of carbonyl (C=O) groups is 2. The van der Waals surface area contributed by atoms with Crippen LogP contribution in [0.15, 0.2) is 52.4 Å². The minimum atomic E-state index is -1.02. The third-order valence-electron chi connectivity index (χ3n) is 3.72. The fraction of sp³-hybridized carbons (Fsp3) is 0.105. The summed E-state index contributed by atoms with van der Waals surface area (Å²) in [6.07, 6.45) is 1.76. The number of rotatable bonds is 4. The zero-order valence-electron chi connectivity index (χ0n) is 14.1. The van der Waals surface area contributed by atoms with Crippen LogP contribution in [-0.4, -0.2) is 29.3 Å². The van der Waals surface area contributed by atoms with E-state index >= 15 is 0 Å². The molecule has 0 spiro atoms. The van der Waals surface area contributed by atoms with Gasteiger partial charge in [-0.15, -0.1) is 0 Å². The maximum Gasteiger partial charge on any atom is 0.335 e. The van der Waals surface area contributed by atoms with Gasteiger partial charge in [0.05, 0.1) is 23.3 Å². The van der Waals surface area contributed by atoms with Crippen molar-refractivity contribution in [3.8, 4) is 5.75 Å². The summed E-state index contributed by atoms with van der Waals surface area (Å²) in [7, 11) is 1.58. The number of carbonyl (C=O) groups excluding carboxylic acids is 1. The summed E-state index contributed by atoms with van der Waals surface area (Å²) in [5.41, 5.74) is 2.32. The van der Waals surface area contributed by atoms with Gasteiger partial charge in [0, 0.05) is 0 Å². The van der Waals surface area contributed by atoms with Gasteiger partial charge in [-0.25, -0.2) is 9.79 Å². The Morgan fingerprint density at radius 1 is 1.27 bits per heavy atom. The van der Waals surface area contributed by atoms with E-state index in [4.69, 9.17) is 9.84 Å². The molecule has 0 saturated carbocycles. The molecule has 26 heavy (non-hydrogen) atoms. The molecule has 1 aliphatic rings. The van der Waals surface area contributed by atoms with Crippen LogP contribution < -0.4 is 10.1 Å². The molecule has 0 radical (unpaired) electrons. The molecule has 2 aromatic carbocycles. The molecule has 1 heterocycles. The minimum Gasteiger partial charge on any atom is -0.497 e. The van der Waals surface area contributed by atoms with Crippen LogP contribution in [-0.2, 0) is 4.79 Å². The van der Waals surface area contributed by atoms with Crippen molar-refractivity contribution in [3.05, 3.63) is 64.1 Å². The van der Waals surface area contributed by atoms with E-state index in [1.165, 1.54) is 23.9 Å². The summed E-state index contributed by atoms with van der Waals surface area (Å²) in [5, 5.41) is 12.2. The Kier molecular flexibility index (Phi) is 5.09. The highest BCUT2D eigenvalue weighted by Crippen LogP contribution is 2.30. The number of aryl methyl sites for hydroxylation is 1. The van der Waals surface area contributed by atoms with Crippen LogP contribution >= 0.6 is 11.8 Å². The van der Waals surface area contributed by atoms with Gasteiger partial charge in [-0.2, -0.15) is 0 Å². The standard InChI is InChI=1S/C19H16N2O4S/c1-11-6-7-13(18(23)24)10-15(11)20-19-21-17(22)16(26-19)9-12-4-3-5-14(8-12)25-2/h3-10H,1-2H3,(H,23,24)(H,20,21,22)/b16-9-. The van der Waals surface area contributed by atoms with Gasteiger partial charge in [0.1, 0.15) is 5.75 Å². The largest absolute Gasteiger partial charge is 0.497 e. The van der Waals surface area contributed by atoms with Gasteiger partial charge in [0.15, 0.2) is 5.17 Å². The van der Waals surface area contributed by atoms with E-state index in [1.807, 2.05) is 31.2 Å². The van der Waals surface area contributed by atoms with Crippen molar-refractivity contribution in [1.82, 2.24) is 5.32 Å². The predicted octanol–water partition coefficient (Wildman–Crippen LogP) is 3.59. The zero-order chi connectivity index (χ0) is 18.7. The van der Waals surface area contributed by atoms with Crippen LogP contribution in [0.1, 0.15) is 21.5 Å². The molecule has 2 aromatic rings. The van der Waals surface area contributed by atoms with Crippen molar-refractivity contribution in [2.75, 3.05) is 7.11 Å². The number of carboxylic acid groups (broad SMARTS) is 1. The first-order valence-electron chi connectivity index (χ1n) is 7.74. The first-order valence-corrected chi connectivity index (χ1v) is 8.55. The summed E-state index contributed by atoms with van der Waals surface area (Å²) >= 11 is 1.21. The number of methoxy groups -OCH3 is 1. The van der Waals surface area contributed by atoms with Crippen molar-refractivity contribution in [2.45, 2.75) is 6.92 Å². The van der Waals surface area contributed by atoms with Crippen LogP contribution in [0.25, 0.3) is 6.08 Å². The molecule has 7 heteroatoms. The van der Waals surface area contributed by atoms with E-state index in [2.05, 4.69) is 10.3 Å². The molecule has 0 aliphatic carbocycles. The summed E-state index contributed by atoms with van der Waals surface area (Å²) in [6.45, 7) is 1.83. The van der Waals surface area contributed by atoms with E-state index in [0.717, 1.165) is 11.1 Å². The molecule has 0 unspecified atom stereocenters. The fourth-order valence-electron chi connectivity index (χ4n) is 2.34. The number of amides is 1. The monoisotopic (exact) mass is 368 g/mol. The molecule has 1 fully saturated rings. The SMILES string of the molecule is COc1cccc(/C=C2\SC(=Nc3cc(C(=O)O)ccc3C)NC2=O)c1. The Hall–Kier alpha value is -3.06. The Morgan fingerprint density at radius 2 is 2.08 bits per heavy atom. The van der Waals surface area contributed by atoms with Gasteiger partial charge in [-0.1, -0.05) is 18.2 Å². The number of aromatic carboxylic acids is 1. The average molecular weight is 368 g/mol. The molecular formula is C19H16N2O4S. The van der Waals surface area contributed by atoms with E-state index in [9.17, 15) is 9.59 Å². The molecule has 2 N–H and O–H groups in total. The Bertz CT molecular complexity index is 950. The highest BCUT2D eigenvalue weighted by atomic mass is 32.2. The van der Waals surface area contributed by atoms with Crippen molar-refractivity contribution in [1.29, 1.82) is 0 Å². The molecule has 0 aromatic heterocycles. The van der Waals surface area contributed by atoms with Crippen LogP contribution in [0.4, 0.5) is 5.69 Å². The number of benzene rings is 2. The highest BCUT2D eigenvalue weighted by molar-refractivity contribution is 8.18. The Labute approximate surface area is 154 Å². The summed E-state index contributed by atoms with van der Waals surface area (Å²) in [5.74, 6) is -0.561. The highest BCUT2D eigenvalue weighted by Gasteiger charge is 2.24. The lowest BCUT2D eigenvalue weighted by Crippen LogP contribution is -2.19. The number of ether oxygens (including phenoxy) is 1. The molecule has 1 saturated heterocycles. The van der Waals surface area contributed by atoms with Gasteiger partial charge in [0.2, 0.25) is 0 Å². The van der Waals surface area contributed by atoms with Crippen molar-refractivity contribution >= 4 is 40.6 Å². The lowest BCUT2D eigenvalue weighted by atomic mass is 10.1. The number of nitrogens with one attached hydrogen (secondary N) is 1. The number of nitrogens with zero attached hydrogens (tertiary/aromatic N) is 1. The molecule has 0 bridgehead atoms. The minimum absolute atomic E-state index is 0.149. The van der Waals surface area contributed by atoms with Gasteiger partial charge >= 0.3 is 5.97 Å². The Morgan fingerprint density at radius 3 is 2.81 bits per heavy atom. The first-order chi connectivity index (χ1) is 12.5. The summed E-state index contributed by atoms with van der Waals surface area (Å²) in [4.78, 5) is 28.2. The maximum atomic E-state index is 12.2. The lowest BCUT2D eigenvalue weighted by Gasteiger charge is -2.03. The van der Waals surface area contributed by atoms with Crippen LogP contribution in [0.2, 0.25) is 0 Å². The first kappa shape index (κ1) is 17.8. The number of thioether (sulfide) groups is 1. The molecule has 1 aliphatic heterocycles. The molecule has 132 valence electrons. The molecular weight excluding hydrogens is 352 g/mol. The number of aliphatic imine (C=N–C) groups is 1. The lowest BCUT2D eigenvalue weighted by molar-refractivity contribution is -0.115. The fourth-order valence-corrected chi connectivity index (χ4v) is 3.17. The number of amidine groups is 1.